The quantitative estimate of drug-likeness (QED) is 0.744. The van der Waals surface area contributed by atoms with Gasteiger partial charge in [0.2, 0.25) is 0 Å². The minimum Gasteiger partial charge on any atom is -0.483 e. The summed E-state index contributed by atoms with van der Waals surface area (Å²) in [7, 11) is 0. The van der Waals surface area contributed by atoms with E-state index in [-0.39, 0.29) is 12.5 Å². The predicted octanol–water partition coefficient (Wildman–Crippen LogP) is 5.39. The van der Waals surface area contributed by atoms with Crippen molar-refractivity contribution in [3.05, 3.63) is 56.0 Å². The van der Waals surface area contributed by atoms with Gasteiger partial charge in [0.1, 0.15) is 5.75 Å². The molecular weight excluding hydrogens is 389 g/mol. The normalized spacial score (nSPS) is 10.4. The lowest BCUT2D eigenvalue weighted by Gasteiger charge is -2.12. The molecule has 0 saturated heterocycles. The Labute approximate surface area is 147 Å². The van der Waals surface area contributed by atoms with Gasteiger partial charge in [0, 0.05) is 4.47 Å². The lowest BCUT2D eigenvalue weighted by atomic mass is 10.1. The number of halogens is 3. The van der Waals surface area contributed by atoms with Crippen molar-refractivity contribution in [2.24, 2.45) is 0 Å². The van der Waals surface area contributed by atoms with Gasteiger partial charge in [-0.2, -0.15) is 0 Å². The van der Waals surface area contributed by atoms with Crippen LogP contribution in [-0.2, 0) is 4.79 Å². The van der Waals surface area contributed by atoms with E-state index in [4.69, 9.17) is 27.9 Å². The number of amides is 1. The third-order valence-electron chi connectivity index (χ3n) is 3.04. The average molecular weight is 403 g/mol. The number of carbonyl (C=O) groups is 1. The molecule has 2 aromatic carbocycles. The Balaban J connectivity index is 2.02. The van der Waals surface area contributed by atoms with Crippen LogP contribution in [0.5, 0.6) is 5.75 Å². The van der Waals surface area contributed by atoms with E-state index >= 15 is 0 Å². The Morgan fingerprint density at radius 2 is 1.95 bits per heavy atom. The molecule has 0 aliphatic rings. The Morgan fingerprint density at radius 1 is 1.23 bits per heavy atom. The number of benzene rings is 2. The van der Waals surface area contributed by atoms with Gasteiger partial charge in [0.25, 0.3) is 5.91 Å². The second-order valence-corrected chi connectivity index (χ2v) is 6.44. The van der Waals surface area contributed by atoms with Gasteiger partial charge in [0.05, 0.1) is 15.7 Å². The standard InChI is InChI=1S/C16H14BrCl2NO2/c1-9-7-14(10(2)6-11(9)17)22-8-15(21)20-13-5-3-4-12(18)16(13)19/h3-7H,8H2,1-2H3,(H,20,21). The van der Waals surface area contributed by atoms with Gasteiger partial charge in [0.15, 0.2) is 6.61 Å². The smallest absolute Gasteiger partial charge is 0.262 e. The lowest BCUT2D eigenvalue weighted by molar-refractivity contribution is -0.118. The first-order valence-corrected chi connectivity index (χ1v) is 8.07. The minimum absolute atomic E-state index is 0.106. The van der Waals surface area contributed by atoms with E-state index in [1.807, 2.05) is 26.0 Å². The summed E-state index contributed by atoms with van der Waals surface area (Å²) in [5.74, 6) is 0.372. The number of hydrogen-bond acceptors (Lipinski definition) is 2. The number of hydrogen-bond donors (Lipinski definition) is 1. The number of ether oxygens (including phenoxy) is 1. The molecule has 0 atom stereocenters. The summed E-state index contributed by atoms with van der Waals surface area (Å²) in [6.45, 7) is 3.78. The van der Waals surface area contributed by atoms with Crippen LogP contribution in [0.3, 0.4) is 0 Å². The van der Waals surface area contributed by atoms with Crippen molar-refractivity contribution >= 4 is 50.7 Å². The van der Waals surface area contributed by atoms with E-state index in [9.17, 15) is 4.79 Å². The maximum absolute atomic E-state index is 12.0. The van der Waals surface area contributed by atoms with Crippen molar-refractivity contribution in [3.8, 4) is 5.75 Å². The van der Waals surface area contributed by atoms with Gasteiger partial charge in [-0.15, -0.1) is 0 Å². The average Bonchev–Trinajstić information content (AvgIpc) is 2.46. The van der Waals surface area contributed by atoms with Gasteiger partial charge in [-0.05, 0) is 49.2 Å². The zero-order chi connectivity index (χ0) is 16.3. The van der Waals surface area contributed by atoms with Gasteiger partial charge < -0.3 is 10.1 Å². The molecule has 0 fully saturated rings. The summed E-state index contributed by atoms with van der Waals surface area (Å²) in [5.41, 5.74) is 2.46. The van der Waals surface area contributed by atoms with Crippen LogP contribution in [0.15, 0.2) is 34.8 Å². The molecular formula is C16H14BrCl2NO2. The molecule has 1 N–H and O–H groups in total. The fraction of sp³-hybridized carbons (Fsp3) is 0.188. The molecule has 0 unspecified atom stereocenters. The maximum Gasteiger partial charge on any atom is 0.262 e. The van der Waals surface area contributed by atoms with Crippen LogP contribution in [0, 0.1) is 13.8 Å². The molecule has 0 aromatic heterocycles. The third-order valence-corrected chi connectivity index (χ3v) is 4.71. The highest BCUT2D eigenvalue weighted by Crippen LogP contribution is 2.30. The fourth-order valence-electron chi connectivity index (χ4n) is 1.84. The lowest BCUT2D eigenvalue weighted by Crippen LogP contribution is -2.20. The number of anilines is 1. The van der Waals surface area contributed by atoms with Crippen LogP contribution in [0.4, 0.5) is 5.69 Å². The monoisotopic (exact) mass is 401 g/mol. The Morgan fingerprint density at radius 3 is 2.68 bits per heavy atom. The molecule has 2 rings (SSSR count). The van der Waals surface area contributed by atoms with E-state index in [0.717, 1.165) is 15.6 Å². The van der Waals surface area contributed by atoms with Gasteiger partial charge >= 0.3 is 0 Å². The molecule has 0 spiro atoms. The maximum atomic E-state index is 12.0. The third kappa shape index (κ3) is 4.15. The number of aryl methyl sites for hydroxylation is 2. The van der Waals surface area contributed by atoms with Gasteiger partial charge in [-0.25, -0.2) is 0 Å². The number of rotatable bonds is 4. The van der Waals surface area contributed by atoms with Crippen molar-refractivity contribution in [2.75, 3.05) is 11.9 Å². The second-order valence-electron chi connectivity index (χ2n) is 4.81. The SMILES string of the molecule is Cc1cc(OCC(=O)Nc2cccc(Cl)c2Cl)c(C)cc1Br. The summed E-state index contributed by atoms with van der Waals surface area (Å²) < 4.78 is 6.57. The Bertz CT molecular complexity index is 720. The Hall–Kier alpha value is -1.23. The van der Waals surface area contributed by atoms with Crippen LogP contribution in [-0.4, -0.2) is 12.5 Å². The molecule has 0 heterocycles. The van der Waals surface area contributed by atoms with Crippen molar-refractivity contribution in [1.82, 2.24) is 0 Å². The van der Waals surface area contributed by atoms with Crippen molar-refractivity contribution < 1.29 is 9.53 Å². The molecule has 0 aliphatic heterocycles. The molecule has 6 heteroatoms. The van der Waals surface area contributed by atoms with Gasteiger partial charge in [-0.3, -0.25) is 4.79 Å². The van der Waals surface area contributed by atoms with E-state index in [2.05, 4.69) is 21.2 Å². The Kier molecular flexibility index (Phi) is 5.73. The summed E-state index contributed by atoms with van der Waals surface area (Å²) in [6.07, 6.45) is 0. The first-order chi connectivity index (χ1) is 10.4. The van der Waals surface area contributed by atoms with Crippen LogP contribution in [0.25, 0.3) is 0 Å². The number of carbonyl (C=O) groups excluding carboxylic acids is 1. The largest absolute Gasteiger partial charge is 0.483 e. The summed E-state index contributed by atoms with van der Waals surface area (Å²) >= 11 is 15.4. The van der Waals surface area contributed by atoms with Crippen LogP contribution >= 0.6 is 39.1 Å². The molecule has 0 bridgehead atoms. The summed E-state index contributed by atoms with van der Waals surface area (Å²) in [4.78, 5) is 12.0. The first kappa shape index (κ1) is 17.1. The highest BCUT2D eigenvalue weighted by Gasteiger charge is 2.10. The molecule has 1 amide bonds. The van der Waals surface area contributed by atoms with Crippen LogP contribution in [0.2, 0.25) is 10.0 Å². The van der Waals surface area contributed by atoms with Crippen molar-refractivity contribution in [2.45, 2.75) is 13.8 Å². The fourth-order valence-corrected chi connectivity index (χ4v) is 2.65. The molecule has 116 valence electrons. The van der Waals surface area contributed by atoms with Crippen molar-refractivity contribution in [3.63, 3.8) is 0 Å². The molecule has 22 heavy (non-hydrogen) atoms. The molecule has 0 saturated carbocycles. The summed E-state index contributed by atoms with van der Waals surface area (Å²) in [6, 6.07) is 8.90. The minimum atomic E-state index is -0.302. The van der Waals surface area contributed by atoms with Gasteiger partial charge in [-0.1, -0.05) is 45.2 Å². The summed E-state index contributed by atoms with van der Waals surface area (Å²) in [5, 5.41) is 3.38. The van der Waals surface area contributed by atoms with E-state index in [0.29, 0.717) is 21.5 Å². The highest BCUT2D eigenvalue weighted by atomic mass is 79.9. The van der Waals surface area contributed by atoms with E-state index in [1.54, 1.807) is 18.2 Å². The van der Waals surface area contributed by atoms with Crippen LogP contribution in [0.1, 0.15) is 11.1 Å². The van der Waals surface area contributed by atoms with E-state index < -0.39 is 0 Å². The number of nitrogens with one attached hydrogen (secondary N) is 1. The molecule has 0 aliphatic carbocycles. The van der Waals surface area contributed by atoms with Crippen LogP contribution < -0.4 is 10.1 Å². The first-order valence-electron chi connectivity index (χ1n) is 6.52. The highest BCUT2D eigenvalue weighted by molar-refractivity contribution is 9.10. The van der Waals surface area contributed by atoms with Crippen molar-refractivity contribution in [1.29, 1.82) is 0 Å². The zero-order valence-electron chi connectivity index (χ0n) is 12.0. The molecule has 0 radical (unpaired) electrons. The molecule has 2 aromatic rings. The van der Waals surface area contributed by atoms with E-state index in [1.165, 1.54) is 0 Å². The topological polar surface area (TPSA) is 38.3 Å². The second kappa shape index (κ2) is 7.36. The predicted molar refractivity (Wildman–Crippen MR) is 94.2 cm³/mol. The zero-order valence-corrected chi connectivity index (χ0v) is 15.1. The molecule has 3 nitrogen and oxygen atoms in total.